The second-order valence-corrected chi connectivity index (χ2v) is 9.31. The lowest BCUT2D eigenvalue weighted by Gasteiger charge is -2.26. The summed E-state index contributed by atoms with van der Waals surface area (Å²) in [7, 11) is -3.97. The largest absolute Gasteiger partial charge is 0.492 e. The predicted molar refractivity (Wildman–Crippen MR) is 105 cm³/mol. The molecule has 0 aliphatic carbocycles. The highest BCUT2D eigenvalue weighted by Gasteiger charge is 2.49. The molecule has 0 spiro atoms. The molecule has 0 radical (unpaired) electrons. The van der Waals surface area contributed by atoms with E-state index in [1.165, 1.54) is 18.3 Å². The summed E-state index contributed by atoms with van der Waals surface area (Å²) >= 11 is 6.13. The van der Waals surface area contributed by atoms with Crippen LogP contribution in [0.15, 0.2) is 41.4 Å². The smallest absolute Gasteiger partial charge is 0.244 e. The molecule has 2 atom stereocenters. The van der Waals surface area contributed by atoms with E-state index < -0.39 is 28.1 Å². The maximum Gasteiger partial charge on any atom is 0.244 e. The Kier molecular flexibility index (Phi) is 6.12. The zero-order chi connectivity index (χ0) is 21.2. The summed E-state index contributed by atoms with van der Waals surface area (Å²) in [5.74, 6) is -0.311. The van der Waals surface area contributed by atoms with Gasteiger partial charge in [0.2, 0.25) is 10.0 Å². The molecule has 2 N–H and O–H groups in total. The average Bonchev–Trinajstić information content (AvgIpc) is 3.04. The maximum absolute atomic E-state index is 13.0. The minimum Gasteiger partial charge on any atom is -0.492 e. The van der Waals surface area contributed by atoms with Crippen molar-refractivity contribution < 1.29 is 23.4 Å². The molecule has 10 heteroatoms. The predicted octanol–water partition coefficient (Wildman–Crippen LogP) is 1.34. The molecule has 29 heavy (non-hydrogen) atoms. The molecule has 2 heterocycles. The number of aromatic nitrogens is 1. The third-order valence-electron chi connectivity index (χ3n) is 4.92. The number of hydrogen-bond acceptors (Lipinski definition) is 7. The van der Waals surface area contributed by atoms with Gasteiger partial charge < -0.3 is 14.9 Å². The van der Waals surface area contributed by atoms with E-state index in [2.05, 4.69) is 4.98 Å². The van der Waals surface area contributed by atoms with Crippen LogP contribution >= 0.6 is 11.6 Å². The van der Waals surface area contributed by atoms with E-state index in [9.17, 15) is 18.6 Å². The van der Waals surface area contributed by atoms with Gasteiger partial charge >= 0.3 is 0 Å². The topological polar surface area (TPSA) is 124 Å². The molecule has 0 saturated carbocycles. The Morgan fingerprint density at radius 2 is 2.17 bits per heavy atom. The van der Waals surface area contributed by atoms with Gasteiger partial charge in [-0.05, 0) is 36.8 Å². The second-order valence-electron chi connectivity index (χ2n) is 6.99. The van der Waals surface area contributed by atoms with E-state index >= 15 is 0 Å². The van der Waals surface area contributed by atoms with Gasteiger partial charge in [-0.15, -0.1) is 0 Å². The van der Waals surface area contributed by atoms with Crippen molar-refractivity contribution in [1.29, 1.82) is 5.26 Å². The molecule has 0 bridgehead atoms. The number of sulfonamides is 1. The highest BCUT2D eigenvalue weighted by atomic mass is 35.5. The van der Waals surface area contributed by atoms with Gasteiger partial charge in [0.1, 0.15) is 28.0 Å². The minimum atomic E-state index is -3.97. The molecule has 1 aromatic heterocycles. The van der Waals surface area contributed by atoms with Gasteiger partial charge in [-0.1, -0.05) is 17.7 Å². The number of aryl methyl sites for hydroxylation is 1. The molecule has 0 unspecified atom stereocenters. The number of β-amino-alcohol motifs (C(OH)–C–C–N with tert-alkyl or cyclic N) is 1. The molecule has 8 nitrogen and oxygen atoms in total. The van der Waals surface area contributed by atoms with Crippen LogP contribution < -0.4 is 4.74 Å². The van der Waals surface area contributed by atoms with Crippen molar-refractivity contribution in [3.63, 3.8) is 0 Å². The van der Waals surface area contributed by atoms with Gasteiger partial charge in [0, 0.05) is 19.0 Å². The van der Waals surface area contributed by atoms with Gasteiger partial charge in [0.15, 0.2) is 0 Å². The summed E-state index contributed by atoms with van der Waals surface area (Å²) in [5, 5.41) is 29.4. The summed E-state index contributed by atoms with van der Waals surface area (Å²) in [6, 6.07) is 9.56. The number of benzene rings is 1. The Hall–Kier alpha value is -2.22. The minimum absolute atomic E-state index is 0.0434. The molecular weight excluding hydrogens is 418 g/mol. The molecule has 1 fully saturated rings. The van der Waals surface area contributed by atoms with Crippen LogP contribution in [-0.2, 0) is 10.0 Å². The van der Waals surface area contributed by atoms with Crippen molar-refractivity contribution in [3.8, 4) is 11.8 Å². The highest BCUT2D eigenvalue weighted by molar-refractivity contribution is 7.89. The van der Waals surface area contributed by atoms with Crippen molar-refractivity contribution >= 4 is 21.6 Å². The molecule has 1 aromatic carbocycles. The quantitative estimate of drug-likeness (QED) is 0.698. The number of halogens is 1. The lowest BCUT2D eigenvalue weighted by atomic mass is 9.92. The molecule has 0 amide bonds. The summed E-state index contributed by atoms with van der Waals surface area (Å²) in [4.78, 5) is 3.84. The van der Waals surface area contributed by atoms with E-state index in [1.54, 1.807) is 25.1 Å². The monoisotopic (exact) mass is 437 g/mol. The Morgan fingerprint density at radius 1 is 1.41 bits per heavy atom. The number of nitrogens with zero attached hydrogens (tertiary/aromatic N) is 3. The first kappa shape index (κ1) is 21.5. The Labute approximate surface area is 174 Å². The molecular formula is C19H20ClN3O5S. The van der Waals surface area contributed by atoms with Crippen LogP contribution in [-0.4, -0.2) is 59.8 Å². The van der Waals surface area contributed by atoms with Crippen LogP contribution in [0.25, 0.3) is 0 Å². The van der Waals surface area contributed by atoms with Crippen molar-refractivity contribution in [2.45, 2.75) is 17.4 Å². The van der Waals surface area contributed by atoms with Gasteiger partial charge in [-0.2, -0.15) is 9.57 Å². The first-order valence-electron chi connectivity index (χ1n) is 8.78. The fourth-order valence-electron chi connectivity index (χ4n) is 3.17. The molecule has 3 rings (SSSR count). The van der Waals surface area contributed by atoms with Gasteiger partial charge in [0.05, 0.1) is 24.4 Å². The first-order valence-corrected chi connectivity index (χ1v) is 10.6. The molecule has 1 aliphatic rings. The first-order chi connectivity index (χ1) is 13.7. The van der Waals surface area contributed by atoms with Crippen LogP contribution in [0.1, 0.15) is 11.3 Å². The van der Waals surface area contributed by atoms with Crippen LogP contribution in [0.4, 0.5) is 0 Å². The summed E-state index contributed by atoms with van der Waals surface area (Å²) in [6.07, 6.45) is 1.37. The van der Waals surface area contributed by atoms with Crippen LogP contribution in [0.2, 0.25) is 5.02 Å². The number of aliphatic hydroxyl groups excluding tert-OH is 1. The number of rotatable bonds is 6. The van der Waals surface area contributed by atoms with Gasteiger partial charge in [0.25, 0.3) is 0 Å². The van der Waals surface area contributed by atoms with Gasteiger partial charge in [-0.25, -0.2) is 13.4 Å². The van der Waals surface area contributed by atoms with Crippen LogP contribution in [0, 0.1) is 24.2 Å². The number of hydrogen-bond donors (Lipinski definition) is 2. The Bertz CT molecular complexity index is 1040. The third-order valence-corrected chi connectivity index (χ3v) is 7.21. The lowest BCUT2D eigenvalue weighted by Crippen LogP contribution is -2.44. The van der Waals surface area contributed by atoms with E-state index in [-0.39, 0.29) is 35.3 Å². The van der Waals surface area contributed by atoms with Crippen molar-refractivity contribution in [2.75, 3.05) is 26.3 Å². The molecule has 2 aromatic rings. The Morgan fingerprint density at radius 3 is 2.76 bits per heavy atom. The number of aliphatic hydroxyl groups is 2. The molecule has 1 aliphatic heterocycles. The van der Waals surface area contributed by atoms with Gasteiger partial charge in [-0.3, -0.25) is 0 Å². The third kappa shape index (κ3) is 4.37. The van der Waals surface area contributed by atoms with E-state index in [1.807, 2.05) is 6.07 Å². The summed E-state index contributed by atoms with van der Waals surface area (Å²) < 4.78 is 32.8. The van der Waals surface area contributed by atoms with Crippen molar-refractivity contribution in [2.24, 2.45) is 5.92 Å². The van der Waals surface area contributed by atoms with Crippen molar-refractivity contribution in [1.82, 2.24) is 9.29 Å². The Balaban J connectivity index is 1.78. The van der Waals surface area contributed by atoms with Crippen LogP contribution in [0.5, 0.6) is 5.75 Å². The van der Waals surface area contributed by atoms with E-state index in [0.717, 1.165) is 9.87 Å². The fourth-order valence-corrected chi connectivity index (χ4v) is 5.29. The lowest BCUT2D eigenvalue weighted by molar-refractivity contribution is -0.0452. The number of ether oxygens (including phenoxy) is 1. The normalized spacial score (nSPS) is 22.4. The summed E-state index contributed by atoms with van der Waals surface area (Å²) in [6.45, 7) is 0.801. The number of pyridine rings is 1. The van der Waals surface area contributed by atoms with E-state index in [0.29, 0.717) is 5.75 Å². The standard InChI is InChI=1S/C19H20ClN3O5S/c1-13-2-5-18(17(20)6-13)29(26,27)23-9-14(19(25,11-23)12-24)10-28-16-4-3-15(7-21)22-8-16/h2-6,8,14,24-25H,9-12H2,1H3/t14-,19-/m1/s1. The van der Waals surface area contributed by atoms with E-state index in [4.69, 9.17) is 21.6 Å². The maximum atomic E-state index is 13.0. The zero-order valence-corrected chi connectivity index (χ0v) is 17.2. The number of nitriles is 1. The SMILES string of the molecule is Cc1ccc(S(=O)(=O)N2C[C@H](COc3ccc(C#N)nc3)[C@](O)(CO)C2)c(Cl)c1. The average molecular weight is 438 g/mol. The van der Waals surface area contributed by atoms with Crippen molar-refractivity contribution in [3.05, 3.63) is 52.8 Å². The summed E-state index contributed by atoms with van der Waals surface area (Å²) in [5.41, 5.74) is -0.605. The second kappa shape index (κ2) is 8.26. The molecule has 154 valence electrons. The van der Waals surface area contributed by atoms with Crippen LogP contribution in [0.3, 0.4) is 0 Å². The molecule has 1 saturated heterocycles. The highest BCUT2D eigenvalue weighted by Crippen LogP contribution is 2.34. The zero-order valence-electron chi connectivity index (χ0n) is 15.6. The fraction of sp³-hybridized carbons (Fsp3) is 0.368.